The Hall–Kier alpha value is -3.56. The molecule has 1 aliphatic rings. The number of nitro groups is 2. The third-order valence-corrected chi connectivity index (χ3v) is 4.15. The van der Waals surface area contributed by atoms with Gasteiger partial charge in [0.1, 0.15) is 17.3 Å². The Morgan fingerprint density at radius 1 is 1.23 bits per heavy atom. The molecular weight excluding hydrogens is 347 g/mol. The predicted molar refractivity (Wildman–Crippen MR) is 91.0 cm³/mol. The fraction of sp³-hybridized carbons (Fsp3) is 0.188. The van der Waals surface area contributed by atoms with Crippen molar-refractivity contribution in [3.05, 3.63) is 67.5 Å². The number of anilines is 1. The molecule has 1 aliphatic carbocycles. The molecule has 0 fully saturated rings. The zero-order valence-corrected chi connectivity index (χ0v) is 13.5. The Morgan fingerprint density at radius 2 is 1.96 bits per heavy atom. The zero-order valence-electron chi connectivity index (χ0n) is 13.5. The van der Waals surface area contributed by atoms with E-state index in [-0.39, 0.29) is 22.9 Å². The number of fused-ring (bicyclic) bond motifs is 1. The minimum absolute atomic E-state index is 0.0508. The van der Waals surface area contributed by atoms with Crippen molar-refractivity contribution in [1.29, 1.82) is 0 Å². The first-order valence-electron chi connectivity index (χ1n) is 7.56. The van der Waals surface area contributed by atoms with Crippen LogP contribution in [0.2, 0.25) is 0 Å². The summed E-state index contributed by atoms with van der Waals surface area (Å²) < 4.78 is 14.0. The molecule has 134 valence electrons. The van der Waals surface area contributed by atoms with E-state index in [1.807, 2.05) is 0 Å². The van der Waals surface area contributed by atoms with Crippen LogP contribution in [0.5, 0.6) is 5.75 Å². The van der Waals surface area contributed by atoms with Crippen LogP contribution in [0.3, 0.4) is 0 Å². The Bertz CT molecular complexity index is 960. The van der Waals surface area contributed by atoms with E-state index in [0.29, 0.717) is 17.7 Å². The number of nitrogens with one attached hydrogen (secondary N) is 1. The van der Waals surface area contributed by atoms with Gasteiger partial charge in [-0.1, -0.05) is 6.92 Å². The van der Waals surface area contributed by atoms with E-state index in [4.69, 9.17) is 0 Å². The normalized spacial score (nSPS) is 17.2. The van der Waals surface area contributed by atoms with Gasteiger partial charge in [0.2, 0.25) is 0 Å². The second-order valence-corrected chi connectivity index (χ2v) is 5.85. The number of hydrogen-bond donors (Lipinski definition) is 2. The molecule has 0 bridgehead atoms. The molecule has 0 aromatic heterocycles. The van der Waals surface area contributed by atoms with Gasteiger partial charge < -0.3 is 5.11 Å². The molecule has 2 N–H and O–H groups in total. The lowest BCUT2D eigenvalue weighted by Gasteiger charge is -2.07. The summed E-state index contributed by atoms with van der Waals surface area (Å²) in [5.41, 5.74) is 2.45. The largest absolute Gasteiger partial charge is 0.507 e. The number of phenols is 1. The lowest BCUT2D eigenvalue weighted by atomic mass is 10.0. The Morgan fingerprint density at radius 3 is 2.62 bits per heavy atom. The van der Waals surface area contributed by atoms with Crippen LogP contribution >= 0.6 is 0 Å². The number of benzene rings is 2. The van der Waals surface area contributed by atoms with Gasteiger partial charge in [0.15, 0.2) is 0 Å². The van der Waals surface area contributed by atoms with Crippen LogP contribution in [-0.2, 0) is 0 Å². The number of aromatic hydroxyl groups is 1. The topological polar surface area (TPSA) is 131 Å². The average Bonchev–Trinajstić information content (AvgIpc) is 2.93. The summed E-state index contributed by atoms with van der Waals surface area (Å²) in [5.74, 6) is -0.814. The van der Waals surface area contributed by atoms with E-state index in [1.165, 1.54) is 18.2 Å². The lowest BCUT2D eigenvalue weighted by molar-refractivity contribution is -0.393. The van der Waals surface area contributed by atoms with E-state index in [2.05, 4.69) is 10.5 Å². The van der Waals surface area contributed by atoms with E-state index in [9.17, 15) is 29.7 Å². The quantitative estimate of drug-likeness (QED) is 0.632. The molecule has 1 atom stereocenters. The summed E-state index contributed by atoms with van der Waals surface area (Å²) in [6, 6.07) is 5.49. The third kappa shape index (κ3) is 2.92. The van der Waals surface area contributed by atoms with Crippen molar-refractivity contribution < 1.29 is 19.3 Å². The zero-order chi connectivity index (χ0) is 19.0. The summed E-state index contributed by atoms with van der Waals surface area (Å²) in [5, 5.41) is 36.0. The highest BCUT2D eigenvalue weighted by molar-refractivity contribution is 6.07. The molecule has 0 radical (unpaired) electrons. The van der Waals surface area contributed by atoms with Crippen LogP contribution in [0.1, 0.15) is 30.4 Å². The molecule has 26 heavy (non-hydrogen) atoms. The van der Waals surface area contributed by atoms with Crippen molar-refractivity contribution in [1.82, 2.24) is 0 Å². The van der Waals surface area contributed by atoms with Crippen molar-refractivity contribution in [2.45, 2.75) is 19.3 Å². The molecule has 3 rings (SSSR count). The van der Waals surface area contributed by atoms with Crippen LogP contribution in [0.15, 0.2) is 35.4 Å². The Kier molecular flexibility index (Phi) is 4.24. The first-order chi connectivity index (χ1) is 12.3. The minimum atomic E-state index is -0.766. The highest BCUT2D eigenvalue weighted by Gasteiger charge is 2.31. The fourth-order valence-electron chi connectivity index (χ4n) is 2.97. The fourth-order valence-corrected chi connectivity index (χ4v) is 2.97. The summed E-state index contributed by atoms with van der Waals surface area (Å²) in [4.78, 5) is 20.4. The number of rotatable bonds is 4. The van der Waals surface area contributed by atoms with Gasteiger partial charge in [-0.3, -0.25) is 25.7 Å². The lowest BCUT2D eigenvalue weighted by Crippen LogP contribution is -2.03. The molecule has 2 aromatic rings. The van der Waals surface area contributed by atoms with Gasteiger partial charge in [-0.25, -0.2) is 4.39 Å². The first kappa shape index (κ1) is 17.3. The molecule has 0 saturated carbocycles. The number of nitro benzene ring substituents is 2. The van der Waals surface area contributed by atoms with E-state index in [1.54, 1.807) is 6.92 Å². The molecule has 0 heterocycles. The smallest absolute Gasteiger partial charge is 0.301 e. The summed E-state index contributed by atoms with van der Waals surface area (Å²) in [6.45, 7) is 1.78. The first-order valence-corrected chi connectivity index (χ1v) is 7.56. The number of hydrogen-bond acceptors (Lipinski definition) is 7. The maximum Gasteiger partial charge on any atom is 0.301 e. The molecule has 2 aromatic carbocycles. The van der Waals surface area contributed by atoms with Crippen molar-refractivity contribution in [2.75, 3.05) is 5.43 Å². The Balaban J connectivity index is 1.99. The van der Waals surface area contributed by atoms with Crippen molar-refractivity contribution in [3.63, 3.8) is 0 Å². The third-order valence-electron chi connectivity index (χ3n) is 4.15. The predicted octanol–water partition coefficient (Wildman–Crippen LogP) is 3.67. The van der Waals surface area contributed by atoms with Gasteiger partial charge in [-0.15, -0.1) is 0 Å². The molecule has 0 amide bonds. The van der Waals surface area contributed by atoms with Crippen LogP contribution in [0, 0.1) is 26.0 Å². The molecule has 9 nitrogen and oxygen atoms in total. The molecule has 0 spiro atoms. The molecule has 0 saturated heterocycles. The number of hydrazone groups is 1. The number of phenolic OH excluding ortho intramolecular Hbond substituents is 1. The van der Waals surface area contributed by atoms with E-state index in [0.717, 1.165) is 12.1 Å². The van der Waals surface area contributed by atoms with Crippen LogP contribution in [-0.4, -0.2) is 20.7 Å². The van der Waals surface area contributed by atoms with Crippen LogP contribution < -0.4 is 5.43 Å². The van der Waals surface area contributed by atoms with Crippen molar-refractivity contribution in [3.8, 4) is 5.75 Å². The van der Waals surface area contributed by atoms with Gasteiger partial charge in [0.05, 0.1) is 21.6 Å². The summed E-state index contributed by atoms with van der Waals surface area (Å²) >= 11 is 0. The number of halogens is 1. The van der Waals surface area contributed by atoms with Crippen molar-refractivity contribution in [2.24, 2.45) is 5.10 Å². The molecule has 10 heteroatoms. The van der Waals surface area contributed by atoms with E-state index >= 15 is 0 Å². The van der Waals surface area contributed by atoms with E-state index < -0.39 is 27.0 Å². The van der Waals surface area contributed by atoms with Gasteiger partial charge in [0.25, 0.3) is 5.69 Å². The summed E-state index contributed by atoms with van der Waals surface area (Å²) in [6.07, 6.45) is 0.331. The second kappa shape index (κ2) is 6.39. The van der Waals surface area contributed by atoms with Crippen LogP contribution in [0.25, 0.3) is 0 Å². The maximum atomic E-state index is 14.0. The van der Waals surface area contributed by atoms with Crippen LogP contribution in [0.4, 0.5) is 21.5 Å². The standard InChI is InChI=1S/C16H13FN4O5/c1-8-6-12(16-14(22)5-3-10(17)15(8)16)19-18-11-4-2-9(20(23)24)7-13(11)21(25)26/h2-5,7-8,18,22H,6H2,1H3/b19-12+/t8-/m1/s1. The minimum Gasteiger partial charge on any atom is -0.507 e. The molecular formula is C16H13FN4O5. The molecule has 0 aliphatic heterocycles. The Labute approximate surface area is 146 Å². The number of nitrogens with zero attached hydrogens (tertiary/aromatic N) is 3. The molecule has 0 unspecified atom stereocenters. The SMILES string of the molecule is C[C@@H]1C/C(=N\Nc2ccc([N+](=O)[O-])cc2[N+](=O)[O-])c2c(O)ccc(F)c21. The van der Waals surface area contributed by atoms with Gasteiger partial charge in [-0.05, 0) is 30.5 Å². The maximum absolute atomic E-state index is 14.0. The highest BCUT2D eigenvalue weighted by Crippen LogP contribution is 2.40. The summed E-state index contributed by atoms with van der Waals surface area (Å²) in [7, 11) is 0. The van der Waals surface area contributed by atoms with Gasteiger partial charge in [-0.2, -0.15) is 5.10 Å². The number of non-ortho nitro benzene ring substituents is 1. The average molecular weight is 360 g/mol. The highest BCUT2D eigenvalue weighted by atomic mass is 19.1. The second-order valence-electron chi connectivity index (χ2n) is 5.85. The van der Waals surface area contributed by atoms with Crippen molar-refractivity contribution >= 4 is 22.8 Å². The monoisotopic (exact) mass is 360 g/mol. The van der Waals surface area contributed by atoms with Gasteiger partial charge in [0, 0.05) is 17.2 Å². The van der Waals surface area contributed by atoms with Gasteiger partial charge >= 0.3 is 5.69 Å².